The average Bonchev–Trinajstić information content (AvgIpc) is 2.22. The average molecular weight is 217 g/mol. The first-order valence-electron chi connectivity index (χ1n) is 5.24. The van der Waals surface area contributed by atoms with Gasteiger partial charge in [-0.1, -0.05) is 19.0 Å². The van der Waals surface area contributed by atoms with Crippen LogP contribution in [0.3, 0.4) is 0 Å². The Balaban J connectivity index is 3.92. The molecule has 5 N–H and O–H groups in total. The van der Waals surface area contributed by atoms with E-state index in [4.69, 9.17) is 16.0 Å². The molecule has 0 spiro atoms. The highest BCUT2D eigenvalue weighted by molar-refractivity contribution is 5.84. The van der Waals surface area contributed by atoms with Crippen LogP contribution in [-0.4, -0.2) is 35.3 Å². The van der Waals surface area contributed by atoms with Crippen LogP contribution in [0, 0.1) is 5.41 Å². The van der Waals surface area contributed by atoms with Gasteiger partial charge in [-0.2, -0.15) is 0 Å². The van der Waals surface area contributed by atoms with E-state index in [1.54, 1.807) is 0 Å². The Kier molecular flexibility index (Phi) is 6.27. The summed E-state index contributed by atoms with van der Waals surface area (Å²) in [5, 5.41) is 23.3. The number of aliphatic hydroxyl groups is 1. The SMILES string of the molecule is CC(NCC(C)(C)CCCO)C(N)=NO. The number of hydrogen-bond acceptors (Lipinski definition) is 4. The predicted molar refractivity (Wildman–Crippen MR) is 61.0 cm³/mol. The number of rotatable bonds is 7. The zero-order valence-corrected chi connectivity index (χ0v) is 9.82. The second-order valence-electron chi connectivity index (χ2n) is 4.62. The largest absolute Gasteiger partial charge is 0.409 e. The third-order valence-electron chi connectivity index (χ3n) is 2.46. The number of hydrogen-bond donors (Lipinski definition) is 4. The highest BCUT2D eigenvalue weighted by Crippen LogP contribution is 2.20. The van der Waals surface area contributed by atoms with Gasteiger partial charge in [0.05, 0.1) is 6.04 Å². The Morgan fingerprint density at radius 1 is 1.53 bits per heavy atom. The molecule has 0 aliphatic carbocycles. The molecule has 0 rings (SSSR count). The van der Waals surface area contributed by atoms with E-state index in [1.807, 2.05) is 6.92 Å². The maximum atomic E-state index is 8.74. The van der Waals surface area contributed by atoms with Crippen LogP contribution in [0.4, 0.5) is 0 Å². The summed E-state index contributed by atoms with van der Waals surface area (Å²) in [7, 11) is 0. The van der Waals surface area contributed by atoms with Gasteiger partial charge in [-0.25, -0.2) is 0 Å². The molecule has 5 heteroatoms. The van der Waals surface area contributed by atoms with Gasteiger partial charge < -0.3 is 21.4 Å². The Morgan fingerprint density at radius 2 is 2.13 bits per heavy atom. The summed E-state index contributed by atoms with van der Waals surface area (Å²) >= 11 is 0. The summed E-state index contributed by atoms with van der Waals surface area (Å²) in [6, 6.07) is -0.136. The lowest BCUT2D eigenvalue weighted by atomic mass is 9.87. The molecule has 0 fully saturated rings. The maximum absolute atomic E-state index is 8.74. The summed E-state index contributed by atoms with van der Waals surface area (Å²) < 4.78 is 0. The van der Waals surface area contributed by atoms with Gasteiger partial charge in [0.2, 0.25) is 0 Å². The molecule has 1 unspecified atom stereocenters. The van der Waals surface area contributed by atoms with Gasteiger partial charge in [-0.3, -0.25) is 0 Å². The third-order valence-corrected chi connectivity index (χ3v) is 2.46. The van der Waals surface area contributed by atoms with Crippen LogP contribution in [-0.2, 0) is 0 Å². The van der Waals surface area contributed by atoms with E-state index in [0.29, 0.717) is 0 Å². The Bertz CT molecular complexity index is 205. The monoisotopic (exact) mass is 217 g/mol. The lowest BCUT2D eigenvalue weighted by Crippen LogP contribution is -2.43. The van der Waals surface area contributed by atoms with Crippen LogP contribution < -0.4 is 11.1 Å². The smallest absolute Gasteiger partial charge is 0.156 e. The van der Waals surface area contributed by atoms with Crippen molar-refractivity contribution in [2.24, 2.45) is 16.3 Å². The molecule has 0 bridgehead atoms. The number of nitrogens with two attached hydrogens (primary N) is 1. The van der Waals surface area contributed by atoms with Crippen molar-refractivity contribution < 1.29 is 10.3 Å². The molecule has 0 aromatic heterocycles. The van der Waals surface area contributed by atoms with Gasteiger partial charge in [0.1, 0.15) is 0 Å². The molecule has 0 aliphatic rings. The molecule has 1 atom stereocenters. The quantitative estimate of drug-likeness (QED) is 0.216. The molecule has 0 radical (unpaired) electrons. The van der Waals surface area contributed by atoms with Gasteiger partial charge in [-0.05, 0) is 25.2 Å². The van der Waals surface area contributed by atoms with E-state index in [2.05, 4.69) is 24.3 Å². The fourth-order valence-corrected chi connectivity index (χ4v) is 1.27. The minimum absolute atomic E-state index is 0.104. The van der Waals surface area contributed by atoms with E-state index in [0.717, 1.165) is 19.4 Å². The molecule has 0 aromatic carbocycles. The molecular weight excluding hydrogens is 194 g/mol. The van der Waals surface area contributed by atoms with Gasteiger partial charge in [0, 0.05) is 13.2 Å². The summed E-state index contributed by atoms with van der Waals surface area (Å²) in [4.78, 5) is 0. The van der Waals surface area contributed by atoms with Crippen LogP contribution in [0.1, 0.15) is 33.6 Å². The summed E-state index contributed by atoms with van der Waals surface area (Å²) in [5.74, 6) is 0.188. The number of amidine groups is 1. The molecule has 15 heavy (non-hydrogen) atoms. The number of aliphatic hydroxyl groups excluding tert-OH is 1. The van der Waals surface area contributed by atoms with Gasteiger partial charge in [0.25, 0.3) is 0 Å². The van der Waals surface area contributed by atoms with Crippen LogP contribution in [0.25, 0.3) is 0 Å². The Morgan fingerprint density at radius 3 is 2.60 bits per heavy atom. The zero-order chi connectivity index (χ0) is 11.9. The van der Waals surface area contributed by atoms with Gasteiger partial charge in [0.15, 0.2) is 5.84 Å². The Hall–Kier alpha value is -0.810. The maximum Gasteiger partial charge on any atom is 0.156 e. The first-order valence-corrected chi connectivity index (χ1v) is 5.24. The van der Waals surface area contributed by atoms with Crippen molar-refractivity contribution in [2.75, 3.05) is 13.2 Å². The van der Waals surface area contributed by atoms with Crippen molar-refractivity contribution in [3.05, 3.63) is 0 Å². The molecule has 0 amide bonds. The van der Waals surface area contributed by atoms with Crippen molar-refractivity contribution in [1.82, 2.24) is 5.32 Å². The topological polar surface area (TPSA) is 90.9 Å². The van der Waals surface area contributed by atoms with Crippen LogP contribution in [0.5, 0.6) is 0 Å². The van der Waals surface area contributed by atoms with Crippen LogP contribution in [0.15, 0.2) is 5.16 Å². The fraction of sp³-hybridized carbons (Fsp3) is 0.900. The van der Waals surface area contributed by atoms with E-state index >= 15 is 0 Å². The lowest BCUT2D eigenvalue weighted by molar-refractivity contribution is 0.235. The van der Waals surface area contributed by atoms with E-state index in [9.17, 15) is 0 Å². The minimum atomic E-state index is -0.136. The van der Waals surface area contributed by atoms with Crippen LogP contribution in [0.2, 0.25) is 0 Å². The Labute approximate surface area is 91.4 Å². The highest BCUT2D eigenvalue weighted by Gasteiger charge is 2.18. The first-order chi connectivity index (χ1) is 6.93. The lowest BCUT2D eigenvalue weighted by Gasteiger charge is -2.26. The van der Waals surface area contributed by atoms with E-state index in [1.165, 1.54) is 0 Å². The van der Waals surface area contributed by atoms with Crippen molar-refractivity contribution in [3.63, 3.8) is 0 Å². The second-order valence-corrected chi connectivity index (χ2v) is 4.62. The molecule has 0 saturated carbocycles. The number of nitrogens with one attached hydrogen (secondary N) is 1. The molecule has 0 heterocycles. The molecule has 0 saturated heterocycles. The summed E-state index contributed by atoms with van der Waals surface area (Å²) in [6.07, 6.45) is 1.74. The summed E-state index contributed by atoms with van der Waals surface area (Å²) in [6.45, 7) is 7.07. The molecular formula is C10H23N3O2. The molecule has 0 aliphatic heterocycles. The molecule has 90 valence electrons. The van der Waals surface area contributed by atoms with Crippen molar-refractivity contribution in [2.45, 2.75) is 39.7 Å². The van der Waals surface area contributed by atoms with E-state index < -0.39 is 0 Å². The van der Waals surface area contributed by atoms with Gasteiger partial charge >= 0.3 is 0 Å². The van der Waals surface area contributed by atoms with Crippen molar-refractivity contribution in [1.29, 1.82) is 0 Å². The molecule has 0 aromatic rings. The minimum Gasteiger partial charge on any atom is -0.409 e. The predicted octanol–water partition coefficient (Wildman–Crippen LogP) is 0.510. The summed E-state index contributed by atoms with van der Waals surface area (Å²) in [5.41, 5.74) is 5.55. The number of oxime groups is 1. The van der Waals surface area contributed by atoms with E-state index in [-0.39, 0.29) is 23.9 Å². The number of nitrogens with zero attached hydrogens (tertiary/aromatic N) is 1. The zero-order valence-electron chi connectivity index (χ0n) is 9.82. The normalized spacial score (nSPS) is 15.3. The fourth-order valence-electron chi connectivity index (χ4n) is 1.27. The first kappa shape index (κ1) is 14.2. The van der Waals surface area contributed by atoms with Crippen molar-refractivity contribution in [3.8, 4) is 0 Å². The van der Waals surface area contributed by atoms with Crippen molar-refractivity contribution >= 4 is 5.84 Å². The third kappa shape index (κ3) is 6.30. The highest BCUT2D eigenvalue weighted by atomic mass is 16.4. The molecule has 5 nitrogen and oxygen atoms in total. The second kappa shape index (κ2) is 6.63. The van der Waals surface area contributed by atoms with Crippen LogP contribution >= 0.6 is 0 Å². The van der Waals surface area contributed by atoms with Gasteiger partial charge in [-0.15, -0.1) is 0 Å². The standard InChI is InChI=1S/C10H23N3O2/c1-8(9(11)13-15)12-7-10(2,3)5-4-6-14/h8,12,14-15H,4-7H2,1-3H3,(H2,11,13).